The second-order valence-electron chi connectivity index (χ2n) is 11.8. The van der Waals surface area contributed by atoms with Gasteiger partial charge in [0, 0.05) is 28.3 Å². The van der Waals surface area contributed by atoms with E-state index in [4.69, 9.17) is 15.2 Å². The number of aliphatic hydroxyl groups is 1. The van der Waals surface area contributed by atoms with Crippen molar-refractivity contribution in [2.24, 2.45) is 5.73 Å². The second-order valence-corrected chi connectivity index (χ2v) is 11.8. The van der Waals surface area contributed by atoms with Gasteiger partial charge in [0.05, 0.1) is 25.4 Å². The van der Waals surface area contributed by atoms with Crippen LogP contribution in [0.4, 0.5) is 26.3 Å². The molecule has 1 fully saturated rings. The average molecular weight is 680 g/mol. The first-order chi connectivity index (χ1) is 22.4. The summed E-state index contributed by atoms with van der Waals surface area (Å²) in [6, 6.07) is 7.74. The van der Waals surface area contributed by atoms with Crippen molar-refractivity contribution >= 4 is 22.7 Å². The summed E-state index contributed by atoms with van der Waals surface area (Å²) in [6.45, 7) is -0.499. The zero-order valence-electron chi connectivity index (χ0n) is 25.2. The summed E-state index contributed by atoms with van der Waals surface area (Å²) in [7, 11) is 1.35. The van der Waals surface area contributed by atoms with Crippen molar-refractivity contribution in [1.82, 2.24) is 20.1 Å². The first kappa shape index (κ1) is 32.9. The number of nitrogens with zero attached hydrogens (tertiary/aromatic N) is 3. The fourth-order valence-corrected chi connectivity index (χ4v) is 5.39. The van der Waals surface area contributed by atoms with E-state index in [0.29, 0.717) is 10.9 Å². The van der Waals surface area contributed by atoms with Crippen molar-refractivity contribution in [2.75, 3.05) is 20.3 Å². The Bertz CT molecular complexity index is 1920. The van der Waals surface area contributed by atoms with Crippen molar-refractivity contribution in [1.29, 1.82) is 0 Å². The molecule has 2 amide bonds. The van der Waals surface area contributed by atoms with Gasteiger partial charge < -0.3 is 30.4 Å². The van der Waals surface area contributed by atoms with Gasteiger partial charge >= 0.3 is 12.5 Å². The smallest absolute Gasteiger partial charge is 0.494 e. The summed E-state index contributed by atoms with van der Waals surface area (Å²) in [5.41, 5.74) is -1.08. The molecular formula is C31H27F6N5O6. The normalized spacial score (nSPS) is 18.9. The van der Waals surface area contributed by atoms with Gasteiger partial charge in [-0.1, -0.05) is 0 Å². The minimum absolute atomic E-state index is 0.0305. The van der Waals surface area contributed by atoms with E-state index in [9.17, 15) is 41.0 Å². The number of rotatable bonds is 9. The van der Waals surface area contributed by atoms with Crippen molar-refractivity contribution in [3.05, 3.63) is 65.5 Å². The van der Waals surface area contributed by atoms with Crippen LogP contribution in [0.3, 0.4) is 0 Å². The summed E-state index contributed by atoms with van der Waals surface area (Å²) in [5.74, 6) is -2.51. The summed E-state index contributed by atoms with van der Waals surface area (Å²) >= 11 is 0. The molecule has 2 aromatic heterocycles. The van der Waals surface area contributed by atoms with Crippen molar-refractivity contribution in [3.8, 4) is 28.5 Å². The van der Waals surface area contributed by atoms with Gasteiger partial charge in [0.15, 0.2) is 0 Å². The van der Waals surface area contributed by atoms with Crippen LogP contribution in [0, 0.1) is 0 Å². The number of halogens is 6. The highest BCUT2D eigenvalue weighted by Crippen LogP contribution is 2.48. The number of hydrogen-bond acceptors (Lipinski definition) is 8. The van der Waals surface area contributed by atoms with Crippen LogP contribution in [0.5, 0.6) is 17.2 Å². The molecule has 2 aliphatic rings. The fourth-order valence-electron chi connectivity index (χ4n) is 5.39. The molecule has 2 atom stereocenters. The molecule has 3 heterocycles. The molecule has 48 heavy (non-hydrogen) atoms. The first-order valence-corrected chi connectivity index (χ1v) is 14.4. The molecule has 1 aliphatic heterocycles. The Hall–Kier alpha value is -5.06. The maximum atomic E-state index is 14.8. The van der Waals surface area contributed by atoms with Crippen LogP contribution in [0.15, 0.2) is 48.7 Å². The summed E-state index contributed by atoms with van der Waals surface area (Å²) in [6.07, 6.45) is -6.88. The van der Waals surface area contributed by atoms with Crippen molar-refractivity contribution in [3.63, 3.8) is 0 Å². The molecule has 1 unspecified atom stereocenters. The largest absolute Gasteiger partial charge is 0.573 e. The van der Waals surface area contributed by atoms with E-state index in [-0.39, 0.29) is 39.9 Å². The van der Waals surface area contributed by atoms with Crippen LogP contribution >= 0.6 is 0 Å². The Morgan fingerprint density at radius 3 is 2.40 bits per heavy atom. The van der Waals surface area contributed by atoms with Gasteiger partial charge in [0.2, 0.25) is 11.5 Å². The zero-order chi connectivity index (χ0) is 34.8. The van der Waals surface area contributed by atoms with Crippen LogP contribution in [0.2, 0.25) is 0 Å². The molecule has 0 radical (unpaired) electrons. The minimum Gasteiger partial charge on any atom is -0.494 e. The molecular weight excluding hydrogens is 652 g/mol. The molecule has 0 bridgehead atoms. The minimum atomic E-state index is -5.45. The molecule has 17 heteroatoms. The fraction of sp³-hybridized carbons (Fsp3) is 0.355. The van der Waals surface area contributed by atoms with E-state index in [2.05, 4.69) is 20.1 Å². The number of pyridine rings is 1. The Morgan fingerprint density at radius 1 is 1.12 bits per heavy atom. The highest BCUT2D eigenvalue weighted by Gasteiger charge is 2.57. The van der Waals surface area contributed by atoms with Gasteiger partial charge in [0.1, 0.15) is 40.5 Å². The number of nitrogens with one attached hydrogen (secondary N) is 1. The van der Waals surface area contributed by atoms with E-state index < -0.39 is 60.0 Å². The maximum absolute atomic E-state index is 14.8. The quantitative estimate of drug-likeness (QED) is 0.216. The number of carbonyl (C=O) groups is 2. The van der Waals surface area contributed by atoms with Crippen molar-refractivity contribution < 1.29 is 55.2 Å². The number of nitrogens with two attached hydrogens (primary N) is 1. The van der Waals surface area contributed by atoms with Gasteiger partial charge in [-0.2, -0.15) is 18.3 Å². The number of alkyl halides is 6. The van der Waals surface area contributed by atoms with E-state index in [1.54, 1.807) is 10.9 Å². The number of methoxy groups -OCH3 is 1. The number of carbonyl (C=O) groups excluding carboxylic acids is 2. The van der Waals surface area contributed by atoms with Crippen molar-refractivity contribution in [2.45, 2.75) is 49.4 Å². The molecule has 6 rings (SSSR count). The van der Waals surface area contributed by atoms with Gasteiger partial charge in [-0.25, -0.2) is 4.98 Å². The highest BCUT2D eigenvalue weighted by atomic mass is 19.4. The van der Waals surface area contributed by atoms with Crippen LogP contribution in [-0.2, 0) is 15.8 Å². The Labute approximate surface area is 267 Å². The number of benzene rings is 2. The van der Waals surface area contributed by atoms with E-state index >= 15 is 0 Å². The molecule has 1 saturated carbocycles. The molecule has 11 nitrogen and oxygen atoms in total. The topological polar surface area (TPSA) is 151 Å². The number of primary amides is 1. The number of ether oxygens (including phenoxy) is 3. The third kappa shape index (κ3) is 5.82. The molecule has 1 aliphatic carbocycles. The first-order valence-electron chi connectivity index (χ1n) is 14.4. The Kier molecular flexibility index (Phi) is 7.72. The van der Waals surface area contributed by atoms with Crippen LogP contribution in [-0.4, -0.2) is 64.5 Å². The number of amides is 2. The third-order valence-corrected chi connectivity index (χ3v) is 8.37. The lowest BCUT2D eigenvalue weighted by atomic mass is 9.81. The predicted molar refractivity (Wildman–Crippen MR) is 155 cm³/mol. The number of fused-ring (bicyclic) bond motifs is 2. The SMILES string of the molecule is COc1cc(C(=O)NCC(O)(c2cc3c(c(-c4ccc(OC(F)(F)F)cc4)n2)OC[C@]3(C)C(N)=O)C(F)(F)F)cc2cn(C3CC3)nc12. The second kappa shape index (κ2) is 11.3. The predicted octanol–water partition coefficient (Wildman–Crippen LogP) is 4.66. The number of aromatic nitrogens is 3. The zero-order valence-corrected chi connectivity index (χ0v) is 25.2. The van der Waals surface area contributed by atoms with Gasteiger partial charge in [-0.3, -0.25) is 14.3 Å². The monoisotopic (exact) mass is 679 g/mol. The summed E-state index contributed by atoms with van der Waals surface area (Å²) in [5, 5.41) is 18.4. The molecule has 4 N–H and O–H groups in total. The molecule has 254 valence electrons. The summed E-state index contributed by atoms with van der Waals surface area (Å²) in [4.78, 5) is 29.8. The summed E-state index contributed by atoms with van der Waals surface area (Å²) < 4.78 is 99.1. The molecule has 0 saturated heterocycles. The third-order valence-electron chi connectivity index (χ3n) is 8.37. The Morgan fingerprint density at radius 2 is 1.81 bits per heavy atom. The van der Waals surface area contributed by atoms with E-state index in [1.165, 1.54) is 26.2 Å². The van der Waals surface area contributed by atoms with Crippen LogP contribution < -0.4 is 25.3 Å². The molecule has 0 spiro atoms. The lowest BCUT2D eigenvalue weighted by Crippen LogP contribution is -2.51. The standard InChI is InChI=1S/C31H27F6N5O6/c1-28(27(38)44)14-47-25-20(28)11-22(40-24(25)15-3-7-19(8-4-15)48-31(35,36)37)29(45,30(32,33)34)13-39-26(43)16-9-17-12-42(18-5-6-18)41-23(17)21(10-16)46-2/h3-4,7-12,18,45H,5-6,13-14H2,1-2H3,(H2,38,44)(H,39,43)/t28-,29?/m0/s1. The van der Waals surface area contributed by atoms with E-state index in [0.717, 1.165) is 43.2 Å². The van der Waals surface area contributed by atoms with Gasteiger partial charge in [0.25, 0.3) is 5.91 Å². The average Bonchev–Trinajstić information content (AvgIpc) is 3.69. The lowest BCUT2D eigenvalue weighted by molar-refractivity contribution is -0.274. The maximum Gasteiger partial charge on any atom is 0.573 e. The van der Waals surface area contributed by atoms with Crippen LogP contribution in [0.1, 0.15) is 47.4 Å². The van der Waals surface area contributed by atoms with E-state index in [1.807, 2.05) is 0 Å². The van der Waals surface area contributed by atoms with Gasteiger partial charge in [-0.05, 0) is 62.2 Å². The van der Waals surface area contributed by atoms with Crippen LogP contribution in [0.25, 0.3) is 22.2 Å². The molecule has 2 aromatic carbocycles. The highest BCUT2D eigenvalue weighted by molar-refractivity contribution is 6.00. The van der Waals surface area contributed by atoms with Gasteiger partial charge in [-0.15, -0.1) is 13.2 Å². The Balaban J connectivity index is 1.39. The molecule has 4 aromatic rings. The number of hydrogen-bond donors (Lipinski definition) is 3. The lowest BCUT2D eigenvalue weighted by Gasteiger charge is -2.31.